The highest BCUT2D eigenvalue weighted by Crippen LogP contribution is 2.15. The fourth-order valence-electron chi connectivity index (χ4n) is 0.241. The number of rotatable bonds is 2. The maximum Gasteiger partial charge on any atom is 0.454 e. The van der Waals surface area contributed by atoms with Crippen molar-refractivity contribution in [2.45, 2.75) is 6.18 Å². The zero-order valence-corrected chi connectivity index (χ0v) is 5.05. The Morgan fingerprint density at radius 3 is 1.91 bits per heavy atom. The summed E-state index contributed by atoms with van der Waals surface area (Å²) in [6.45, 7) is 0. The lowest BCUT2D eigenvalue weighted by Crippen LogP contribution is -2.20. The Morgan fingerprint density at radius 1 is 1.18 bits per heavy atom. The SMILES string of the molecule is O=C(O)/C=C/C(=O)C(F)(F)F. The molecule has 0 aliphatic rings. The molecule has 6 heteroatoms. The van der Waals surface area contributed by atoms with Gasteiger partial charge in [-0.25, -0.2) is 4.79 Å². The van der Waals surface area contributed by atoms with Gasteiger partial charge in [-0.3, -0.25) is 4.79 Å². The summed E-state index contributed by atoms with van der Waals surface area (Å²) in [6, 6.07) is 0. The Balaban J connectivity index is 4.20. The van der Waals surface area contributed by atoms with Crippen LogP contribution in [0, 0.1) is 0 Å². The molecule has 1 N–H and O–H groups in total. The van der Waals surface area contributed by atoms with Crippen LogP contribution in [0.3, 0.4) is 0 Å². The summed E-state index contributed by atoms with van der Waals surface area (Å²) >= 11 is 0. The number of carbonyl (C=O) groups excluding carboxylic acids is 1. The van der Waals surface area contributed by atoms with Crippen molar-refractivity contribution in [1.82, 2.24) is 0 Å². The number of ketones is 1. The molecule has 62 valence electrons. The molecular formula is C5H3F3O3. The smallest absolute Gasteiger partial charge is 0.454 e. The number of carboxylic acids is 1. The first-order valence-corrected chi connectivity index (χ1v) is 2.36. The summed E-state index contributed by atoms with van der Waals surface area (Å²) in [6.07, 6.45) is -4.90. The van der Waals surface area contributed by atoms with Crippen LogP contribution >= 0.6 is 0 Å². The first-order chi connectivity index (χ1) is 4.84. The molecule has 0 radical (unpaired) electrons. The molecule has 0 heterocycles. The van der Waals surface area contributed by atoms with Crippen LogP contribution in [-0.4, -0.2) is 23.0 Å². The Bertz CT molecular complexity index is 204. The van der Waals surface area contributed by atoms with Gasteiger partial charge in [-0.2, -0.15) is 13.2 Å². The van der Waals surface area contributed by atoms with E-state index in [1.54, 1.807) is 0 Å². The highest BCUT2D eigenvalue weighted by Gasteiger charge is 2.36. The lowest BCUT2D eigenvalue weighted by Gasteiger charge is -1.97. The first kappa shape index (κ1) is 9.67. The van der Waals surface area contributed by atoms with Crippen molar-refractivity contribution in [3.8, 4) is 0 Å². The first-order valence-electron chi connectivity index (χ1n) is 2.36. The number of alkyl halides is 3. The van der Waals surface area contributed by atoms with Crippen LogP contribution in [0.2, 0.25) is 0 Å². The van der Waals surface area contributed by atoms with Crippen molar-refractivity contribution in [3.05, 3.63) is 12.2 Å². The number of aliphatic carboxylic acids is 1. The van der Waals surface area contributed by atoms with Crippen molar-refractivity contribution in [2.24, 2.45) is 0 Å². The monoisotopic (exact) mass is 168 g/mol. The van der Waals surface area contributed by atoms with Gasteiger partial charge in [0.15, 0.2) is 0 Å². The van der Waals surface area contributed by atoms with E-state index in [2.05, 4.69) is 0 Å². The molecule has 0 saturated heterocycles. The maximum atomic E-state index is 11.3. The van der Waals surface area contributed by atoms with Gasteiger partial charge < -0.3 is 5.11 Å². The van der Waals surface area contributed by atoms with Crippen molar-refractivity contribution in [3.63, 3.8) is 0 Å². The lowest BCUT2D eigenvalue weighted by atomic mass is 10.3. The topological polar surface area (TPSA) is 54.4 Å². The van der Waals surface area contributed by atoms with Gasteiger partial charge in [0.1, 0.15) is 0 Å². The number of allylic oxidation sites excluding steroid dienone is 1. The van der Waals surface area contributed by atoms with Crippen molar-refractivity contribution >= 4 is 11.8 Å². The van der Waals surface area contributed by atoms with Gasteiger partial charge in [0.25, 0.3) is 5.78 Å². The van der Waals surface area contributed by atoms with E-state index in [0.29, 0.717) is 0 Å². The summed E-state index contributed by atoms with van der Waals surface area (Å²) < 4.78 is 33.9. The second kappa shape index (κ2) is 3.18. The molecule has 0 aromatic carbocycles. The molecule has 0 fully saturated rings. The number of carboxylic acid groups (broad SMARTS) is 1. The third kappa shape index (κ3) is 4.12. The predicted octanol–water partition coefficient (Wildman–Crippen LogP) is 0.759. The molecule has 0 spiro atoms. The zero-order chi connectivity index (χ0) is 9.07. The van der Waals surface area contributed by atoms with Gasteiger partial charge in [0.2, 0.25) is 0 Å². The number of hydrogen-bond donors (Lipinski definition) is 1. The summed E-state index contributed by atoms with van der Waals surface area (Å²) in [4.78, 5) is 19.5. The highest BCUT2D eigenvalue weighted by molar-refractivity contribution is 5.98. The Hall–Kier alpha value is -1.33. The van der Waals surface area contributed by atoms with Crippen LogP contribution in [0.25, 0.3) is 0 Å². The molecule has 0 aliphatic carbocycles. The molecule has 0 rings (SSSR count). The van der Waals surface area contributed by atoms with Gasteiger partial charge in [-0.1, -0.05) is 0 Å². The minimum atomic E-state index is -4.99. The standard InChI is InChI=1S/C5H3F3O3/c6-5(7,8)3(9)1-2-4(10)11/h1-2H,(H,10,11)/b2-1+. The van der Waals surface area contributed by atoms with Crippen LogP contribution in [0.1, 0.15) is 0 Å². The van der Waals surface area contributed by atoms with Crippen LogP contribution in [0.5, 0.6) is 0 Å². The molecule has 11 heavy (non-hydrogen) atoms. The van der Waals surface area contributed by atoms with E-state index in [4.69, 9.17) is 5.11 Å². The van der Waals surface area contributed by atoms with E-state index in [1.165, 1.54) is 0 Å². The second-order valence-electron chi connectivity index (χ2n) is 1.53. The minimum Gasteiger partial charge on any atom is -0.478 e. The van der Waals surface area contributed by atoms with Gasteiger partial charge in [0, 0.05) is 6.08 Å². The van der Waals surface area contributed by atoms with Gasteiger partial charge in [0.05, 0.1) is 0 Å². The Morgan fingerprint density at radius 2 is 1.64 bits per heavy atom. The molecule has 0 unspecified atom stereocenters. The fraction of sp³-hybridized carbons (Fsp3) is 0.200. The Kier molecular flexibility index (Phi) is 2.79. The average Bonchev–Trinajstić information content (AvgIpc) is 1.80. The summed E-state index contributed by atoms with van der Waals surface area (Å²) in [5, 5.41) is 7.82. The molecular weight excluding hydrogens is 165 g/mol. The molecule has 0 amide bonds. The van der Waals surface area contributed by atoms with Crippen molar-refractivity contribution in [2.75, 3.05) is 0 Å². The second-order valence-corrected chi connectivity index (χ2v) is 1.53. The normalized spacial score (nSPS) is 11.9. The summed E-state index contributed by atoms with van der Waals surface area (Å²) in [5.74, 6) is -3.78. The van der Waals surface area contributed by atoms with E-state index < -0.39 is 17.9 Å². The quantitative estimate of drug-likeness (QED) is 0.619. The van der Waals surface area contributed by atoms with E-state index in [9.17, 15) is 22.8 Å². The van der Waals surface area contributed by atoms with Crippen LogP contribution in [0.4, 0.5) is 13.2 Å². The lowest BCUT2D eigenvalue weighted by molar-refractivity contribution is -0.165. The average molecular weight is 168 g/mol. The zero-order valence-electron chi connectivity index (χ0n) is 5.05. The van der Waals surface area contributed by atoms with Crippen LogP contribution in [-0.2, 0) is 9.59 Å². The van der Waals surface area contributed by atoms with Crippen LogP contribution < -0.4 is 0 Å². The van der Waals surface area contributed by atoms with E-state index >= 15 is 0 Å². The molecule has 3 nitrogen and oxygen atoms in total. The molecule has 0 atom stereocenters. The van der Waals surface area contributed by atoms with Gasteiger partial charge in [-0.15, -0.1) is 0 Å². The fourth-order valence-corrected chi connectivity index (χ4v) is 0.241. The summed E-state index contributed by atoms with van der Waals surface area (Å²) in [5.41, 5.74) is 0. The Labute approximate surface area is 59.1 Å². The highest BCUT2D eigenvalue weighted by atomic mass is 19.4. The minimum absolute atomic E-state index is 0.0394. The van der Waals surface area contributed by atoms with E-state index in [-0.39, 0.29) is 12.2 Å². The molecule has 0 aromatic heterocycles. The predicted molar refractivity (Wildman–Crippen MR) is 27.8 cm³/mol. The third-order valence-electron chi connectivity index (χ3n) is 0.657. The van der Waals surface area contributed by atoms with Crippen molar-refractivity contribution < 1.29 is 27.9 Å². The van der Waals surface area contributed by atoms with E-state index in [1.807, 2.05) is 0 Å². The number of hydrogen-bond acceptors (Lipinski definition) is 2. The van der Waals surface area contributed by atoms with E-state index in [0.717, 1.165) is 0 Å². The maximum absolute atomic E-state index is 11.3. The van der Waals surface area contributed by atoms with Crippen LogP contribution in [0.15, 0.2) is 12.2 Å². The molecule has 0 aromatic rings. The third-order valence-corrected chi connectivity index (χ3v) is 0.657. The largest absolute Gasteiger partial charge is 0.478 e. The summed E-state index contributed by atoms with van der Waals surface area (Å²) in [7, 11) is 0. The van der Waals surface area contributed by atoms with Gasteiger partial charge in [-0.05, 0) is 6.08 Å². The number of halogens is 3. The molecule has 0 aliphatic heterocycles. The number of carbonyl (C=O) groups is 2. The molecule has 0 bridgehead atoms. The van der Waals surface area contributed by atoms with Gasteiger partial charge >= 0.3 is 12.1 Å². The molecule has 0 saturated carbocycles. The van der Waals surface area contributed by atoms with Crippen molar-refractivity contribution in [1.29, 1.82) is 0 Å².